The Morgan fingerprint density at radius 3 is 3.00 bits per heavy atom. The van der Waals surface area contributed by atoms with Crippen molar-refractivity contribution in [1.82, 2.24) is 15.3 Å². The molecule has 1 rings (SSSR count). The van der Waals surface area contributed by atoms with Gasteiger partial charge >= 0.3 is 0 Å². The largest absolute Gasteiger partial charge is 0.368 e. The normalized spacial score (nSPS) is 12.0. The maximum atomic E-state index is 11.5. The van der Waals surface area contributed by atoms with Crippen LogP contribution in [0.1, 0.15) is 26.7 Å². The van der Waals surface area contributed by atoms with Gasteiger partial charge in [-0.2, -0.15) is 4.98 Å². The predicted octanol–water partition coefficient (Wildman–Crippen LogP) is 2.61. The van der Waals surface area contributed by atoms with Gasteiger partial charge in [0.25, 0.3) is 0 Å². The van der Waals surface area contributed by atoms with Gasteiger partial charge in [0, 0.05) is 25.2 Å². The highest BCUT2D eigenvalue weighted by Crippen LogP contribution is 2.19. The maximum Gasteiger partial charge on any atom is 0.224 e. The molecule has 0 saturated carbocycles. The van der Waals surface area contributed by atoms with Crippen molar-refractivity contribution in [1.29, 1.82) is 0 Å². The van der Waals surface area contributed by atoms with E-state index in [2.05, 4.69) is 36.5 Å². The van der Waals surface area contributed by atoms with Crippen LogP contribution in [0.3, 0.4) is 0 Å². The summed E-state index contributed by atoms with van der Waals surface area (Å²) in [6.07, 6.45) is 2.88. The average Bonchev–Trinajstić information content (AvgIpc) is 2.33. The van der Waals surface area contributed by atoms with Crippen LogP contribution in [-0.2, 0) is 4.79 Å². The quantitative estimate of drug-likeness (QED) is 0.784. The van der Waals surface area contributed by atoms with Crippen LogP contribution in [0.15, 0.2) is 10.7 Å². The fraction of sp³-hybridized carbons (Fsp3) is 0.545. The summed E-state index contributed by atoms with van der Waals surface area (Å²) in [7, 11) is 0. The van der Waals surface area contributed by atoms with Crippen LogP contribution in [0.2, 0.25) is 5.28 Å². The number of aromatic nitrogens is 2. The number of hydrogen-bond donors (Lipinski definition) is 2. The van der Waals surface area contributed by atoms with E-state index < -0.39 is 0 Å². The Morgan fingerprint density at radius 2 is 2.33 bits per heavy atom. The molecule has 100 valence electrons. The molecule has 0 aliphatic heterocycles. The zero-order chi connectivity index (χ0) is 13.5. The van der Waals surface area contributed by atoms with Crippen molar-refractivity contribution in [3.63, 3.8) is 0 Å². The Kier molecular flexibility index (Phi) is 6.35. The fourth-order valence-electron chi connectivity index (χ4n) is 1.21. The highest BCUT2D eigenvalue weighted by Gasteiger charge is 2.07. The molecule has 0 spiro atoms. The van der Waals surface area contributed by atoms with Crippen LogP contribution in [0, 0.1) is 0 Å². The third-order valence-electron chi connectivity index (χ3n) is 2.38. The molecule has 1 amide bonds. The molecule has 1 aromatic rings. The van der Waals surface area contributed by atoms with Crippen molar-refractivity contribution in [2.45, 2.75) is 32.7 Å². The summed E-state index contributed by atoms with van der Waals surface area (Å²) >= 11 is 8.99. The highest BCUT2D eigenvalue weighted by molar-refractivity contribution is 9.10. The lowest BCUT2D eigenvalue weighted by atomic mass is 10.2. The van der Waals surface area contributed by atoms with Crippen molar-refractivity contribution in [2.75, 3.05) is 11.9 Å². The second-order valence-electron chi connectivity index (χ2n) is 3.89. The summed E-state index contributed by atoms with van der Waals surface area (Å²) in [6.45, 7) is 4.50. The number of rotatable bonds is 6. The van der Waals surface area contributed by atoms with Gasteiger partial charge in [-0.15, -0.1) is 0 Å². The molecule has 0 fully saturated rings. The lowest BCUT2D eigenvalue weighted by Crippen LogP contribution is -2.33. The van der Waals surface area contributed by atoms with Gasteiger partial charge < -0.3 is 10.6 Å². The molecule has 0 bridgehead atoms. The van der Waals surface area contributed by atoms with Crippen molar-refractivity contribution >= 4 is 39.3 Å². The Labute approximate surface area is 120 Å². The van der Waals surface area contributed by atoms with E-state index in [-0.39, 0.29) is 17.2 Å². The first kappa shape index (κ1) is 15.2. The standard InChI is InChI=1S/C11H16BrClN4O/c1-3-7(2)16-9(18)4-5-14-10-8(12)6-15-11(13)17-10/h6-7H,3-5H2,1-2H3,(H,16,18)(H,14,15,17). The molecule has 0 aromatic carbocycles. The van der Waals surface area contributed by atoms with E-state index >= 15 is 0 Å². The van der Waals surface area contributed by atoms with Crippen LogP contribution in [0.4, 0.5) is 5.82 Å². The highest BCUT2D eigenvalue weighted by atomic mass is 79.9. The zero-order valence-corrected chi connectivity index (χ0v) is 12.7. The second-order valence-corrected chi connectivity index (χ2v) is 5.08. The molecular weight excluding hydrogens is 320 g/mol. The SMILES string of the molecule is CCC(C)NC(=O)CCNc1nc(Cl)ncc1Br. The number of nitrogens with one attached hydrogen (secondary N) is 2. The van der Waals surface area contributed by atoms with Gasteiger partial charge in [0.15, 0.2) is 0 Å². The lowest BCUT2D eigenvalue weighted by molar-refractivity contribution is -0.121. The fourth-order valence-corrected chi connectivity index (χ4v) is 1.68. The number of anilines is 1. The van der Waals surface area contributed by atoms with E-state index in [9.17, 15) is 4.79 Å². The summed E-state index contributed by atoms with van der Waals surface area (Å²) in [4.78, 5) is 19.4. The van der Waals surface area contributed by atoms with E-state index in [4.69, 9.17) is 11.6 Å². The van der Waals surface area contributed by atoms with Gasteiger partial charge in [0.2, 0.25) is 11.2 Å². The second kappa shape index (κ2) is 7.53. The maximum absolute atomic E-state index is 11.5. The number of hydrogen-bond acceptors (Lipinski definition) is 4. The Balaban J connectivity index is 2.37. The number of nitrogens with zero attached hydrogens (tertiary/aromatic N) is 2. The first-order valence-corrected chi connectivity index (χ1v) is 6.91. The monoisotopic (exact) mass is 334 g/mol. The first-order valence-electron chi connectivity index (χ1n) is 5.74. The molecule has 1 unspecified atom stereocenters. The van der Waals surface area contributed by atoms with Crippen LogP contribution in [0.5, 0.6) is 0 Å². The average molecular weight is 336 g/mol. The Hall–Kier alpha value is -0.880. The minimum Gasteiger partial charge on any atom is -0.368 e. The van der Waals surface area contributed by atoms with Crippen LogP contribution < -0.4 is 10.6 Å². The zero-order valence-electron chi connectivity index (χ0n) is 10.3. The van der Waals surface area contributed by atoms with Gasteiger partial charge in [-0.05, 0) is 40.9 Å². The number of carbonyl (C=O) groups excluding carboxylic acids is 1. The third-order valence-corrected chi connectivity index (χ3v) is 3.14. The summed E-state index contributed by atoms with van der Waals surface area (Å²) in [5, 5.41) is 6.10. The van der Waals surface area contributed by atoms with E-state index in [1.165, 1.54) is 0 Å². The van der Waals surface area contributed by atoms with E-state index in [0.717, 1.165) is 6.42 Å². The number of amides is 1. The smallest absolute Gasteiger partial charge is 0.224 e. The number of carbonyl (C=O) groups is 1. The molecular formula is C11H16BrClN4O. The number of halogens is 2. The molecule has 7 heteroatoms. The van der Waals surface area contributed by atoms with Gasteiger partial charge in [-0.3, -0.25) is 4.79 Å². The van der Waals surface area contributed by atoms with Gasteiger partial charge in [0.1, 0.15) is 5.82 Å². The molecule has 0 aliphatic carbocycles. The summed E-state index contributed by atoms with van der Waals surface area (Å²) < 4.78 is 0.717. The molecule has 1 heterocycles. The molecule has 1 atom stereocenters. The summed E-state index contributed by atoms with van der Waals surface area (Å²) in [5.41, 5.74) is 0. The minimum absolute atomic E-state index is 0.0214. The molecule has 0 saturated heterocycles. The van der Waals surface area contributed by atoms with Gasteiger partial charge in [-0.25, -0.2) is 4.98 Å². The van der Waals surface area contributed by atoms with E-state index in [1.807, 2.05) is 13.8 Å². The van der Waals surface area contributed by atoms with Crippen molar-refractivity contribution in [3.05, 3.63) is 16.0 Å². The molecule has 0 radical (unpaired) electrons. The third kappa shape index (κ3) is 5.18. The van der Waals surface area contributed by atoms with Crippen LogP contribution in [-0.4, -0.2) is 28.5 Å². The summed E-state index contributed by atoms with van der Waals surface area (Å²) in [5.74, 6) is 0.611. The topological polar surface area (TPSA) is 66.9 Å². The molecule has 0 aliphatic rings. The van der Waals surface area contributed by atoms with Gasteiger partial charge in [0.05, 0.1) is 4.47 Å². The molecule has 2 N–H and O–H groups in total. The minimum atomic E-state index is 0.0214. The Bertz CT molecular complexity index is 416. The van der Waals surface area contributed by atoms with Gasteiger partial charge in [-0.1, -0.05) is 6.92 Å². The van der Waals surface area contributed by atoms with E-state index in [1.54, 1.807) is 6.20 Å². The van der Waals surface area contributed by atoms with Crippen LogP contribution in [0.25, 0.3) is 0 Å². The Morgan fingerprint density at radius 1 is 1.61 bits per heavy atom. The van der Waals surface area contributed by atoms with Crippen molar-refractivity contribution in [3.8, 4) is 0 Å². The molecule has 5 nitrogen and oxygen atoms in total. The summed E-state index contributed by atoms with van der Waals surface area (Å²) in [6, 6.07) is 0.206. The van der Waals surface area contributed by atoms with Crippen LogP contribution >= 0.6 is 27.5 Å². The lowest BCUT2D eigenvalue weighted by Gasteiger charge is -2.12. The van der Waals surface area contributed by atoms with Crippen molar-refractivity contribution in [2.24, 2.45) is 0 Å². The van der Waals surface area contributed by atoms with Crippen molar-refractivity contribution < 1.29 is 4.79 Å². The molecule has 18 heavy (non-hydrogen) atoms. The first-order chi connectivity index (χ1) is 8.52. The van der Waals surface area contributed by atoms with E-state index in [0.29, 0.717) is 23.3 Å². The predicted molar refractivity (Wildman–Crippen MR) is 75.7 cm³/mol. The molecule has 1 aromatic heterocycles.